The van der Waals surface area contributed by atoms with E-state index in [1.165, 1.54) is 5.56 Å². The number of pyridine rings is 1. The minimum atomic E-state index is 0.105. The first kappa shape index (κ1) is 16.3. The molecule has 2 aliphatic rings. The van der Waals surface area contributed by atoms with Gasteiger partial charge in [0.25, 0.3) is 0 Å². The van der Waals surface area contributed by atoms with Crippen molar-refractivity contribution in [2.75, 3.05) is 19.6 Å². The van der Waals surface area contributed by atoms with Crippen LogP contribution in [0.2, 0.25) is 0 Å². The summed E-state index contributed by atoms with van der Waals surface area (Å²) in [5.74, 6) is 0.197. The number of carbonyl (C=O) groups is 1. The second kappa shape index (κ2) is 6.60. The Balaban J connectivity index is 1.61. The summed E-state index contributed by atoms with van der Waals surface area (Å²) in [7, 11) is 0. The maximum Gasteiger partial charge on any atom is 0.219 e. The van der Waals surface area contributed by atoms with Crippen LogP contribution in [-0.4, -0.2) is 46.4 Å². The molecule has 2 aliphatic heterocycles. The third-order valence-electron chi connectivity index (χ3n) is 5.98. The Bertz CT molecular complexity index is 733. The fraction of sp³-hybridized carbons (Fsp3) is 0.429. The number of carbonyl (C=O) groups excluding carboxylic acids is 1. The van der Waals surface area contributed by atoms with Gasteiger partial charge in [-0.15, -0.1) is 0 Å². The van der Waals surface area contributed by atoms with Crippen molar-refractivity contribution < 1.29 is 4.79 Å². The number of aromatic nitrogens is 1. The first-order valence-electron chi connectivity index (χ1n) is 9.14. The van der Waals surface area contributed by atoms with Crippen LogP contribution >= 0.6 is 0 Å². The lowest BCUT2D eigenvalue weighted by Gasteiger charge is -2.46. The van der Waals surface area contributed by atoms with E-state index in [1.54, 1.807) is 6.92 Å². The predicted molar refractivity (Wildman–Crippen MR) is 98.0 cm³/mol. The van der Waals surface area contributed by atoms with Crippen LogP contribution in [0.1, 0.15) is 31.0 Å². The molecule has 4 rings (SSSR count). The Labute approximate surface area is 149 Å². The summed E-state index contributed by atoms with van der Waals surface area (Å²) >= 11 is 0. The van der Waals surface area contributed by atoms with Gasteiger partial charge in [-0.3, -0.25) is 14.7 Å². The van der Waals surface area contributed by atoms with E-state index in [1.807, 2.05) is 18.3 Å². The average Bonchev–Trinajstić information content (AvgIpc) is 3.04. The molecule has 3 heterocycles. The molecule has 2 aromatic rings. The van der Waals surface area contributed by atoms with E-state index in [4.69, 9.17) is 0 Å². The second-order valence-corrected chi connectivity index (χ2v) is 7.31. The summed E-state index contributed by atoms with van der Waals surface area (Å²) in [5, 5.41) is 0. The molecule has 2 fully saturated rings. The van der Waals surface area contributed by atoms with Crippen LogP contribution in [0, 0.1) is 0 Å². The topological polar surface area (TPSA) is 36.4 Å². The third-order valence-corrected chi connectivity index (χ3v) is 5.98. The number of piperidine rings is 1. The Kier molecular flexibility index (Phi) is 4.30. The largest absolute Gasteiger partial charge is 0.338 e. The molecule has 0 unspecified atom stereocenters. The van der Waals surface area contributed by atoms with Crippen molar-refractivity contribution in [2.24, 2.45) is 0 Å². The first-order valence-corrected chi connectivity index (χ1v) is 9.14. The average molecular weight is 335 g/mol. The van der Waals surface area contributed by atoms with E-state index in [0.717, 1.165) is 44.7 Å². The highest BCUT2D eigenvalue weighted by Gasteiger charge is 2.51. The van der Waals surface area contributed by atoms with Crippen LogP contribution in [-0.2, 0) is 16.8 Å². The number of fused-ring (bicyclic) bond motifs is 1. The van der Waals surface area contributed by atoms with E-state index in [0.29, 0.717) is 0 Å². The zero-order valence-corrected chi connectivity index (χ0v) is 14.8. The van der Waals surface area contributed by atoms with Crippen molar-refractivity contribution >= 4 is 5.91 Å². The van der Waals surface area contributed by atoms with E-state index >= 15 is 0 Å². The van der Waals surface area contributed by atoms with E-state index in [9.17, 15) is 4.79 Å². The van der Waals surface area contributed by atoms with Crippen molar-refractivity contribution in [3.8, 4) is 0 Å². The van der Waals surface area contributed by atoms with Crippen molar-refractivity contribution in [1.29, 1.82) is 0 Å². The maximum atomic E-state index is 12.2. The van der Waals surface area contributed by atoms with Gasteiger partial charge < -0.3 is 4.90 Å². The molecule has 25 heavy (non-hydrogen) atoms. The minimum absolute atomic E-state index is 0.105. The van der Waals surface area contributed by atoms with Gasteiger partial charge in [0.15, 0.2) is 0 Å². The fourth-order valence-corrected chi connectivity index (χ4v) is 4.69. The molecular formula is C21H25N3O. The zero-order valence-electron chi connectivity index (χ0n) is 14.8. The molecule has 4 nitrogen and oxygen atoms in total. The Morgan fingerprint density at radius 3 is 2.60 bits per heavy atom. The van der Waals surface area contributed by atoms with Gasteiger partial charge in [-0.05, 0) is 37.1 Å². The van der Waals surface area contributed by atoms with E-state index < -0.39 is 0 Å². The highest BCUT2D eigenvalue weighted by atomic mass is 16.2. The molecule has 2 atom stereocenters. The van der Waals surface area contributed by atoms with Crippen molar-refractivity contribution in [2.45, 2.75) is 37.8 Å². The lowest BCUT2D eigenvalue weighted by molar-refractivity contribution is -0.131. The quantitative estimate of drug-likeness (QED) is 0.865. The number of rotatable bonds is 3. The molecule has 0 aliphatic carbocycles. The van der Waals surface area contributed by atoms with Gasteiger partial charge in [-0.1, -0.05) is 36.4 Å². The van der Waals surface area contributed by atoms with Crippen molar-refractivity contribution in [3.63, 3.8) is 0 Å². The van der Waals surface area contributed by atoms with Crippen LogP contribution in [0.5, 0.6) is 0 Å². The SMILES string of the molecule is CC(=O)N1CC[C@@]2(c3ccccc3)CCN(Cc3ccccn3)C[C@H]12. The molecule has 130 valence electrons. The van der Waals surface area contributed by atoms with Crippen LogP contribution in [0.15, 0.2) is 54.7 Å². The van der Waals surface area contributed by atoms with Gasteiger partial charge in [0.1, 0.15) is 0 Å². The van der Waals surface area contributed by atoms with Gasteiger partial charge in [-0.2, -0.15) is 0 Å². The van der Waals surface area contributed by atoms with Gasteiger partial charge >= 0.3 is 0 Å². The molecule has 0 bridgehead atoms. The molecular weight excluding hydrogens is 310 g/mol. The normalized spacial score (nSPS) is 26.4. The molecule has 1 aromatic carbocycles. The molecule has 0 spiro atoms. The van der Waals surface area contributed by atoms with Gasteiger partial charge in [-0.25, -0.2) is 0 Å². The molecule has 0 radical (unpaired) electrons. The van der Waals surface area contributed by atoms with Crippen LogP contribution in [0.4, 0.5) is 0 Å². The molecule has 1 amide bonds. The number of likely N-dealkylation sites (tertiary alicyclic amines) is 2. The molecule has 0 saturated carbocycles. The summed E-state index contributed by atoms with van der Waals surface area (Å²) in [5.41, 5.74) is 2.59. The highest BCUT2D eigenvalue weighted by molar-refractivity contribution is 5.74. The van der Waals surface area contributed by atoms with Crippen LogP contribution in [0.25, 0.3) is 0 Å². The monoisotopic (exact) mass is 335 g/mol. The third kappa shape index (κ3) is 2.95. The molecule has 0 N–H and O–H groups in total. The summed E-state index contributed by atoms with van der Waals surface area (Å²) in [4.78, 5) is 21.2. The molecule has 4 heteroatoms. The first-order chi connectivity index (χ1) is 12.2. The Hall–Kier alpha value is -2.20. The van der Waals surface area contributed by atoms with Gasteiger partial charge in [0, 0.05) is 38.2 Å². The highest BCUT2D eigenvalue weighted by Crippen LogP contribution is 2.45. The van der Waals surface area contributed by atoms with Crippen molar-refractivity contribution in [1.82, 2.24) is 14.8 Å². The summed E-state index contributed by atoms with van der Waals surface area (Å²) in [6.07, 6.45) is 4.02. The number of benzene rings is 1. The zero-order chi connectivity index (χ0) is 17.3. The number of amides is 1. The maximum absolute atomic E-state index is 12.2. The standard InChI is InChI=1S/C21H25N3O/c1-17(25)24-14-11-21(18-7-3-2-4-8-18)10-13-23(16-20(21)24)15-19-9-5-6-12-22-19/h2-9,12,20H,10-11,13-16H2,1H3/t20-,21+/m0/s1. The fourth-order valence-electron chi connectivity index (χ4n) is 4.69. The van der Waals surface area contributed by atoms with E-state index in [-0.39, 0.29) is 17.4 Å². The second-order valence-electron chi connectivity index (χ2n) is 7.31. The molecule has 2 saturated heterocycles. The summed E-state index contributed by atoms with van der Waals surface area (Å²) in [6, 6.07) is 17.1. The summed E-state index contributed by atoms with van der Waals surface area (Å²) < 4.78 is 0. The van der Waals surface area contributed by atoms with E-state index in [2.05, 4.69) is 51.2 Å². The van der Waals surface area contributed by atoms with Gasteiger partial charge in [0.2, 0.25) is 5.91 Å². The lowest BCUT2D eigenvalue weighted by Crippen LogP contribution is -2.56. The van der Waals surface area contributed by atoms with Gasteiger partial charge in [0.05, 0.1) is 11.7 Å². The minimum Gasteiger partial charge on any atom is -0.338 e. The Morgan fingerprint density at radius 2 is 1.88 bits per heavy atom. The predicted octanol–water partition coefficient (Wildman–Crippen LogP) is 2.85. The summed E-state index contributed by atoms with van der Waals surface area (Å²) in [6.45, 7) is 5.40. The number of nitrogens with zero attached hydrogens (tertiary/aromatic N) is 3. The molecule has 1 aromatic heterocycles. The number of hydrogen-bond donors (Lipinski definition) is 0. The lowest BCUT2D eigenvalue weighted by atomic mass is 9.69. The van der Waals surface area contributed by atoms with Crippen molar-refractivity contribution in [3.05, 3.63) is 66.0 Å². The smallest absolute Gasteiger partial charge is 0.219 e. The van der Waals surface area contributed by atoms with Crippen LogP contribution in [0.3, 0.4) is 0 Å². The number of hydrogen-bond acceptors (Lipinski definition) is 3. The van der Waals surface area contributed by atoms with Crippen LogP contribution < -0.4 is 0 Å². The Morgan fingerprint density at radius 1 is 1.12 bits per heavy atom.